The van der Waals surface area contributed by atoms with Crippen LogP contribution >= 0.6 is 0 Å². The number of carbonyl (C=O) groups is 1. The van der Waals surface area contributed by atoms with Gasteiger partial charge in [-0.3, -0.25) is 4.79 Å². The molecule has 0 amide bonds. The molecule has 0 heterocycles. The lowest BCUT2D eigenvalue weighted by Gasteiger charge is -1.98. The molecule has 0 aliphatic carbocycles. The highest BCUT2D eigenvalue weighted by atomic mass is 16.4. The minimum atomic E-state index is -0.892. The highest BCUT2D eigenvalue weighted by molar-refractivity contribution is 5.66. The van der Waals surface area contributed by atoms with Crippen LogP contribution in [-0.2, 0) is 4.79 Å². The Balaban J connectivity index is 3.48. The van der Waals surface area contributed by atoms with E-state index in [1.165, 1.54) is 0 Å². The summed E-state index contributed by atoms with van der Waals surface area (Å²) in [5.41, 5.74) is 0. The predicted octanol–water partition coefficient (Wildman–Crippen LogP) is 1.80. The predicted molar refractivity (Wildman–Crippen MR) is 54.8 cm³/mol. The molecule has 0 saturated heterocycles. The van der Waals surface area contributed by atoms with E-state index in [1.807, 2.05) is 0 Å². The molecule has 0 fully saturated rings. The summed E-state index contributed by atoms with van der Waals surface area (Å²) in [5.74, 6) is 4.60. The molecule has 0 radical (unpaired) electrons. The van der Waals surface area contributed by atoms with Crippen molar-refractivity contribution in [1.29, 1.82) is 0 Å². The number of hydrogen-bond donors (Lipinski definition) is 2. The normalized spacial score (nSPS) is 11.6. The van der Waals surface area contributed by atoms with E-state index in [0.717, 1.165) is 25.7 Å². The van der Waals surface area contributed by atoms with Crippen molar-refractivity contribution in [3.63, 3.8) is 0 Å². The minimum Gasteiger partial charge on any atom is -0.481 e. The summed E-state index contributed by atoms with van der Waals surface area (Å²) in [6.07, 6.45) is 3.56. The van der Waals surface area contributed by atoms with Crippen LogP contribution < -0.4 is 0 Å². The van der Waals surface area contributed by atoms with Gasteiger partial charge in [0.2, 0.25) is 0 Å². The quantitative estimate of drug-likeness (QED) is 0.505. The minimum absolute atomic E-state index is 0.0230. The Morgan fingerprint density at radius 1 is 1.43 bits per heavy atom. The number of aliphatic hydroxyl groups is 1. The molecule has 0 aliphatic heterocycles. The van der Waals surface area contributed by atoms with Crippen LogP contribution in [0.4, 0.5) is 0 Å². The maximum atomic E-state index is 10.2. The van der Waals surface area contributed by atoms with Gasteiger partial charge in [-0.15, -0.1) is 5.92 Å². The van der Waals surface area contributed by atoms with Crippen molar-refractivity contribution in [2.45, 2.75) is 51.6 Å². The van der Waals surface area contributed by atoms with Gasteiger partial charge < -0.3 is 10.2 Å². The molecule has 0 saturated carbocycles. The smallest absolute Gasteiger partial charge is 0.303 e. The molecule has 3 heteroatoms. The van der Waals surface area contributed by atoms with Crippen LogP contribution in [0.2, 0.25) is 0 Å². The molecule has 0 unspecified atom stereocenters. The molecule has 1 atom stereocenters. The third kappa shape index (κ3) is 9.08. The highest BCUT2D eigenvalue weighted by Crippen LogP contribution is 1.98. The Hall–Kier alpha value is -1.01. The van der Waals surface area contributed by atoms with E-state index in [4.69, 9.17) is 5.11 Å². The molecule has 0 spiro atoms. The molecule has 0 rings (SSSR count). The Labute approximate surface area is 85.1 Å². The molecule has 0 aliphatic rings. The van der Waals surface area contributed by atoms with Gasteiger partial charge in [0.05, 0.1) is 0 Å². The van der Waals surface area contributed by atoms with E-state index in [0.29, 0.717) is 0 Å². The van der Waals surface area contributed by atoms with Crippen LogP contribution in [0.3, 0.4) is 0 Å². The number of carboxylic acid groups (broad SMARTS) is 1. The first-order valence-corrected chi connectivity index (χ1v) is 5.05. The first kappa shape index (κ1) is 13.0. The van der Waals surface area contributed by atoms with Crippen molar-refractivity contribution < 1.29 is 15.0 Å². The lowest BCUT2D eigenvalue weighted by molar-refractivity contribution is -0.137. The number of aliphatic carboxylic acids is 1. The van der Waals surface area contributed by atoms with E-state index in [-0.39, 0.29) is 12.8 Å². The fraction of sp³-hybridized carbons (Fsp3) is 0.727. The largest absolute Gasteiger partial charge is 0.481 e. The summed E-state index contributed by atoms with van der Waals surface area (Å²) in [5, 5.41) is 17.6. The maximum absolute atomic E-state index is 10.2. The number of hydrogen-bond acceptors (Lipinski definition) is 2. The van der Waals surface area contributed by atoms with Crippen molar-refractivity contribution in [3.05, 3.63) is 0 Å². The number of carboxylic acids is 1. The van der Waals surface area contributed by atoms with Crippen molar-refractivity contribution in [1.82, 2.24) is 0 Å². The first-order valence-electron chi connectivity index (χ1n) is 5.05. The summed E-state index contributed by atoms with van der Waals surface area (Å²) in [4.78, 5) is 10.2. The van der Waals surface area contributed by atoms with E-state index in [9.17, 15) is 9.90 Å². The van der Waals surface area contributed by atoms with E-state index < -0.39 is 12.1 Å². The van der Waals surface area contributed by atoms with E-state index in [1.54, 1.807) is 0 Å². The number of rotatable bonds is 6. The SMILES string of the molecule is CCCCCC#C[C@@H](O)CCC(=O)O. The highest BCUT2D eigenvalue weighted by Gasteiger charge is 2.02. The summed E-state index contributed by atoms with van der Waals surface area (Å²) >= 11 is 0. The fourth-order valence-electron chi connectivity index (χ4n) is 0.986. The van der Waals surface area contributed by atoms with Crippen LogP contribution in [-0.4, -0.2) is 22.3 Å². The zero-order valence-corrected chi connectivity index (χ0v) is 8.62. The van der Waals surface area contributed by atoms with Gasteiger partial charge in [-0.25, -0.2) is 0 Å². The molecule has 0 bridgehead atoms. The average molecular weight is 198 g/mol. The Bertz CT molecular complexity index is 212. The Morgan fingerprint density at radius 3 is 2.71 bits per heavy atom. The second kappa shape index (κ2) is 8.58. The van der Waals surface area contributed by atoms with Gasteiger partial charge >= 0.3 is 5.97 Å². The zero-order valence-electron chi connectivity index (χ0n) is 8.62. The van der Waals surface area contributed by atoms with Gasteiger partial charge in [0.1, 0.15) is 6.10 Å². The molecule has 14 heavy (non-hydrogen) atoms. The summed E-state index contributed by atoms with van der Waals surface area (Å²) in [7, 11) is 0. The third-order valence-electron chi connectivity index (χ3n) is 1.81. The number of unbranched alkanes of at least 4 members (excludes halogenated alkanes) is 3. The summed E-state index contributed by atoms with van der Waals surface area (Å²) < 4.78 is 0. The average Bonchev–Trinajstić information content (AvgIpc) is 2.14. The third-order valence-corrected chi connectivity index (χ3v) is 1.81. The molecule has 2 N–H and O–H groups in total. The standard InChI is InChI=1S/C11H18O3/c1-2-3-4-5-6-7-10(12)8-9-11(13)14/h10,12H,2-5,8-9H2,1H3,(H,13,14)/t10-/m1/s1. The molecule has 3 nitrogen and oxygen atoms in total. The molecular formula is C11H18O3. The lowest BCUT2D eigenvalue weighted by Crippen LogP contribution is -2.06. The molecule has 0 aromatic heterocycles. The molecule has 0 aromatic carbocycles. The van der Waals surface area contributed by atoms with E-state index in [2.05, 4.69) is 18.8 Å². The van der Waals surface area contributed by atoms with Crippen LogP contribution in [0.25, 0.3) is 0 Å². The topological polar surface area (TPSA) is 57.5 Å². The van der Waals surface area contributed by atoms with Crippen LogP contribution in [0.1, 0.15) is 45.4 Å². The lowest BCUT2D eigenvalue weighted by atomic mass is 10.1. The van der Waals surface area contributed by atoms with Gasteiger partial charge in [-0.2, -0.15) is 0 Å². The van der Waals surface area contributed by atoms with E-state index >= 15 is 0 Å². The maximum Gasteiger partial charge on any atom is 0.303 e. The Kier molecular flexibility index (Phi) is 7.96. The molecule has 0 aromatic rings. The van der Waals surface area contributed by atoms with Crippen LogP contribution in [0, 0.1) is 11.8 Å². The second-order valence-electron chi connectivity index (χ2n) is 3.23. The number of aliphatic hydroxyl groups excluding tert-OH is 1. The monoisotopic (exact) mass is 198 g/mol. The van der Waals surface area contributed by atoms with Crippen molar-refractivity contribution in [3.8, 4) is 11.8 Å². The van der Waals surface area contributed by atoms with Crippen molar-refractivity contribution in [2.75, 3.05) is 0 Å². The van der Waals surface area contributed by atoms with Gasteiger partial charge in [-0.1, -0.05) is 25.7 Å². The van der Waals surface area contributed by atoms with Crippen molar-refractivity contribution in [2.24, 2.45) is 0 Å². The van der Waals surface area contributed by atoms with Gasteiger partial charge in [0.15, 0.2) is 0 Å². The van der Waals surface area contributed by atoms with Gasteiger partial charge in [-0.05, 0) is 12.8 Å². The van der Waals surface area contributed by atoms with Crippen LogP contribution in [0.15, 0.2) is 0 Å². The summed E-state index contributed by atoms with van der Waals surface area (Å²) in [6, 6.07) is 0. The first-order chi connectivity index (χ1) is 6.66. The molecular weight excluding hydrogens is 180 g/mol. The van der Waals surface area contributed by atoms with Crippen LogP contribution in [0.5, 0.6) is 0 Å². The fourth-order valence-corrected chi connectivity index (χ4v) is 0.986. The second-order valence-corrected chi connectivity index (χ2v) is 3.23. The van der Waals surface area contributed by atoms with Gasteiger partial charge in [0.25, 0.3) is 0 Å². The van der Waals surface area contributed by atoms with Crippen molar-refractivity contribution >= 4 is 5.97 Å². The Morgan fingerprint density at radius 2 is 2.14 bits per heavy atom. The van der Waals surface area contributed by atoms with Gasteiger partial charge in [0, 0.05) is 12.8 Å². The molecule has 80 valence electrons. The zero-order chi connectivity index (χ0) is 10.8. The summed E-state index contributed by atoms with van der Waals surface area (Å²) in [6.45, 7) is 2.12.